The van der Waals surface area contributed by atoms with Gasteiger partial charge in [-0.2, -0.15) is 4.98 Å². The molecule has 4 rings (SSSR count). The number of rotatable bonds is 12. The van der Waals surface area contributed by atoms with Crippen molar-refractivity contribution in [1.82, 2.24) is 15.3 Å². The van der Waals surface area contributed by atoms with Crippen LogP contribution in [0.2, 0.25) is 0 Å². The van der Waals surface area contributed by atoms with Gasteiger partial charge in [0, 0.05) is 25.5 Å². The number of benzene rings is 2. The lowest BCUT2D eigenvalue weighted by Crippen LogP contribution is -2.32. The van der Waals surface area contributed by atoms with Gasteiger partial charge in [0.2, 0.25) is 5.95 Å². The summed E-state index contributed by atoms with van der Waals surface area (Å²) >= 11 is 0. The Morgan fingerprint density at radius 3 is 2.35 bits per heavy atom. The highest BCUT2D eigenvalue weighted by molar-refractivity contribution is 5.90. The average molecular weight is 460 g/mol. The second-order valence-corrected chi connectivity index (χ2v) is 10.00. The van der Waals surface area contributed by atoms with Gasteiger partial charge in [-0.05, 0) is 81.6 Å². The smallest absolute Gasteiger partial charge is 0.225 e. The van der Waals surface area contributed by atoms with E-state index in [4.69, 9.17) is 9.97 Å². The summed E-state index contributed by atoms with van der Waals surface area (Å²) in [4.78, 5) is 11.7. The Hall–Kier alpha value is -2.66. The molecule has 0 bridgehead atoms. The van der Waals surface area contributed by atoms with Crippen LogP contribution in [0.15, 0.2) is 54.6 Å². The fraction of sp³-hybridized carbons (Fsp3) is 0.517. The number of anilines is 2. The Kier molecular flexibility index (Phi) is 9.14. The van der Waals surface area contributed by atoms with Crippen molar-refractivity contribution in [3.05, 3.63) is 60.2 Å². The molecule has 1 saturated carbocycles. The van der Waals surface area contributed by atoms with E-state index in [2.05, 4.69) is 58.0 Å². The van der Waals surface area contributed by atoms with Crippen LogP contribution in [0.1, 0.15) is 56.9 Å². The third-order valence-electron chi connectivity index (χ3n) is 7.03. The first-order valence-corrected chi connectivity index (χ1v) is 13.1. The van der Waals surface area contributed by atoms with Crippen LogP contribution in [0.5, 0.6) is 0 Å². The summed E-state index contributed by atoms with van der Waals surface area (Å²) in [6.45, 7) is 2.32. The van der Waals surface area contributed by atoms with Gasteiger partial charge in [0.25, 0.3) is 0 Å². The van der Waals surface area contributed by atoms with Crippen molar-refractivity contribution < 1.29 is 0 Å². The van der Waals surface area contributed by atoms with Crippen molar-refractivity contribution in [2.45, 2.75) is 63.8 Å². The van der Waals surface area contributed by atoms with Crippen molar-refractivity contribution in [3.8, 4) is 0 Å². The van der Waals surface area contributed by atoms with E-state index >= 15 is 0 Å². The van der Waals surface area contributed by atoms with Crippen molar-refractivity contribution >= 4 is 22.7 Å². The third-order valence-corrected chi connectivity index (χ3v) is 7.03. The SMILES string of the molecule is CN(C)c1nc(NC2CCC(CNCCCCCCc3ccccc3)CC2)nc2ccccc12. The zero-order valence-electron chi connectivity index (χ0n) is 21.0. The van der Waals surface area contributed by atoms with Crippen LogP contribution in [0, 0.1) is 5.92 Å². The van der Waals surface area contributed by atoms with Crippen molar-refractivity contribution in [2.75, 3.05) is 37.4 Å². The van der Waals surface area contributed by atoms with Gasteiger partial charge >= 0.3 is 0 Å². The fourth-order valence-electron chi connectivity index (χ4n) is 5.04. The van der Waals surface area contributed by atoms with Gasteiger partial charge in [-0.25, -0.2) is 4.98 Å². The number of hydrogen-bond donors (Lipinski definition) is 2. The van der Waals surface area contributed by atoms with Crippen LogP contribution < -0.4 is 15.5 Å². The Bertz CT molecular complexity index is 996. The molecule has 0 atom stereocenters. The summed E-state index contributed by atoms with van der Waals surface area (Å²) in [7, 11) is 4.09. The lowest BCUT2D eigenvalue weighted by atomic mass is 9.86. The molecule has 1 heterocycles. The lowest BCUT2D eigenvalue weighted by molar-refractivity contribution is 0.323. The largest absolute Gasteiger partial charge is 0.362 e. The van der Waals surface area contributed by atoms with Gasteiger partial charge in [-0.1, -0.05) is 55.3 Å². The Morgan fingerprint density at radius 1 is 0.824 bits per heavy atom. The zero-order chi connectivity index (χ0) is 23.6. The number of aromatic nitrogens is 2. The number of para-hydroxylation sites is 1. The minimum atomic E-state index is 0.469. The molecule has 1 aromatic heterocycles. The molecule has 0 radical (unpaired) electrons. The molecular weight excluding hydrogens is 418 g/mol. The van der Waals surface area contributed by atoms with Crippen molar-refractivity contribution in [1.29, 1.82) is 0 Å². The number of aryl methyl sites for hydroxylation is 1. The second-order valence-electron chi connectivity index (χ2n) is 10.00. The van der Waals surface area contributed by atoms with E-state index in [1.54, 1.807) is 0 Å². The third kappa shape index (κ3) is 7.17. The summed E-state index contributed by atoms with van der Waals surface area (Å²) in [5.74, 6) is 2.54. The van der Waals surface area contributed by atoms with E-state index in [0.717, 1.165) is 41.7 Å². The first-order valence-electron chi connectivity index (χ1n) is 13.1. The highest BCUT2D eigenvalue weighted by Gasteiger charge is 2.22. The van der Waals surface area contributed by atoms with Gasteiger partial charge in [-0.15, -0.1) is 0 Å². The molecule has 1 aliphatic rings. The number of fused-ring (bicyclic) bond motifs is 1. The molecule has 34 heavy (non-hydrogen) atoms. The van der Waals surface area contributed by atoms with Crippen LogP contribution in [0.3, 0.4) is 0 Å². The molecule has 0 saturated heterocycles. The molecule has 0 amide bonds. The van der Waals surface area contributed by atoms with Crippen LogP contribution in [-0.2, 0) is 6.42 Å². The molecule has 0 aliphatic heterocycles. The van der Waals surface area contributed by atoms with Gasteiger partial charge in [0.1, 0.15) is 5.82 Å². The normalized spacial score (nSPS) is 18.2. The van der Waals surface area contributed by atoms with E-state index in [-0.39, 0.29) is 0 Å². The zero-order valence-corrected chi connectivity index (χ0v) is 21.0. The molecule has 1 fully saturated rings. The number of nitrogens with one attached hydrogen (secondary N) is 2. The van der Waals surface area contributed by atoms with Crippen LogP contribution in [0.4, 0.5) is 11.8 Å². The lowest BCUT2D eigenvalue weighted by Gasteiger charge is -2.29. The summed E-state index contributed by atoms with van der Waals surface area (Å²) in [5.41, 5.74) is 2.47. The highest BCUT2D eigenvalue weighted by atomic mass is 15.2. The van der Waals surface area contributed by atoms with E-state index in [1.807, 2.05) is 26.2 Å². The number of nitrogens with zero attached hydrogens (tertiary/aromatic N) is 3. The number of hydrogen-bond acceptors (Lipinski definition) is 5. The maximum Gasteiger partial charge on any atom is 0.225 e. The summed E-state index contributed by atoms with van der Waals surface area (Å²) in [5, 5.41) is 8.45. The fourth-order valence-corrected chi connectivity index (χ4v) is 5.04. The van der Waals surface area contributed by atoms with E-state index in [0.29, 0.717) is 6.04 Å². The predicted octanol–water partition coefficient (Wildman–Crippen LogP) is 6.06. The Morgan fingerprint density at radius 2 is 1.56 bits per heavy atom. The summed E-state index contributed by atoms with van der Waals surface area (Å²) in [6.07, 6.45) is 11.4. The Balaban J connectivity index is 1.11. The van der Waals surface area contributed by atoms with Crippen molar-refractivity contribution in [3.63, 3.8) is 0 Å². The molecular formula is C29H41N5. The monoisotopic (exact) mass is 459 g/mol. The topological polar surface area (TPSA) is 53.1 Å². The second kappa shape index (κ2) is 12.7. The van der Waals surface area contributed by atoms with Gasteiger partial charge in [0.05, 0.1) is 5.52 Å². The minimum Gasteiger partial charge on any atom is -0.362 e. The van der Waals surface area contributed by atoms with Crippen LogP contribution in [0.25, 0.3) is 10.9 Å². The van der Waals surface area contributed by atoms with E-state index in [1.165, 1.54) is 63.4 Å². The minimum absolute atomic E-state index is 0.469. The Labute approximate surface area is 205 Å². The van der Waals surface area contributed by atoms with Gasteiger partial charge < -0.3 is 15.5 Å². The standard InChI is InChI=1S/C29H41N5/c1-34(2)28-26-15-9-10-16-27(26)32-29(33-28)31-25-19-17-24(18-20-25)22-30-21-11-4-3-6-12-23-13-7-5-8-14-23/h5,7-10,13-16,24-25,30H,3-4,6,11-12,17-22H2,1-2H3,(H,31,32,33). The molecule has 2 N–H and O–H groups in total. The molecule has 1 aliphatic carbocycles. The maximum absolute atomic E-state index is 4.81. The van der Waals surface area contributed by atoms with Crippen LogP contribution >= 0.6 is 0 Å². The molecule has 0 unspecified atom stereocenters. The highest BCUT2D eigenvalue weighted by Crippen LogP contribution is 2.28. The van der Waals surface area contributed by atoms with Gasteiger partial charge in [0.15, 0.2) is 0 Å². The maximum atomic E-state index is 4.81. The number of unbranched alkanes of at least 4 members (excludes halogenated alkanes) is 3. The van der Waals surface area contributed by atoms with E-state index in [9.17, 15) is 0 Å². The van der Waals surface area contributed by atoms with E-state index < -0.39 is 0 Å². The quantitative estimate of drug-likeness (QED) is 0.323. The molecule has 182 valence electrons. The first-order chi connectivity index (χ1) is 16.7. The first kappa shape index (κ1) is 24.5. The van der Waals surface area contributed by atoms with Crippen LogP contribution in [-0.4, -0.2) is 43.2 Å². The summed E-state index contributed by atoms with van der Waals surface area (Å²) in [6, 6.07) is 19.6. The predicted molar refractivity (Wildman–Crippen MR) is 145 cm³/mol. The molecule has 2 aromatic carbocycles. The molecule has 5 nitrogen and oxygen atoms in total. The molecule has 0 spiro atoms. The average Bonchev–Trinajstić information content (AvgIpc) is 2.86. The molecule has 5 heteroatoms. The summed E-state index contributed by atoms with van der Waals surface area (Å²) < 4.78 is 0. The van der Waals surface area contributed by atoms with Crippen molar-refractivity contribution in [2.24, 2.45) is 5.92 Å². The molecule has 3 aromatic rings. The van der Waals surface area contributed by atoms with Gasteiger partial charge in [-0.3, -0.25) is 0 Å².